The molecule has 0 bridgehead atoms. The zero-order valence-corrected chi connectivity index (χ0v) is 12.1. The van der Waals surface area contributed by atoms with E-state index in [2.05, 4.69) is 0 Å². The fourth-order valence-electron chi connectivity index (χ4n) is 2.87. The quantitative estimate of drug-likeness (QED) is 0.715. The van der Waals surface area contributed by atoms with E-state index in [0.717, 1.165) is 18.6 Å². The van der Waals surface area contributed by atoms with Gasteiger partial charge in [-0.25, -0.2) is 0 Å². The highest BCUT2D eigenvalue weighted by atomic mass is 32.2. The Hall–Kier alpha value is -0.710. The fraction of sp³-hybridized carbons (Fsp3) is 0.846. The van der Waals surface area contributed by atoms with E-state index in [1.807, 2.05) is 18.7 Å². The standard InChI is InChI=1S/C13H21NO3S/c1-9-7-14(8-10(9)11(15)17-3)12(16)13(2)5-4-6-18-13/h9-10H,4-8H2,1-3H3. The van der Waals surface area contributed by atoms with E-state index in [9.17, 15) is 9.59 Å². The SMILES string of the molecule is COC(=O)C1CN(C(=O)C2(C)CCCS2)CC1C. The third kappa shape index (κ3) is 2.37. The summed E-state index contributed by atoms with van der Waals surface area (Å²) in [7, 11) is 1.41. The lowest BCUT2D eigenvalue weighted by Crippen LogP contribution is -2.43. The molecule has 2 aliphatic heterocycles. The van der Waals surface area contributed by atoms with E-state index in [0.29, 0.717) is 13.1 Å². The normalized spacial score (nSPS) is 35.8. The lowest BCUT2D eigenvalue weighted by atomic mass is 9.99. The molecule has 0 radical (unpaired) electrons. The summed E-state index contributed by atoms with van der Waals surface area (Å²) in [4.78, 5) is 26.0. The van der Waals surface area contributed by atoms with Crippen molar-refractivity contribution in [1.29, 1.82) is 0 Å². The molecule has 2 rings (SSSR count). The van der Waals surface area contributed by atoms with Crippen LogP contribution in [0.2, 0.25) is 0 Å². The molecule has 0 aromatic heterocycles. The molecule has 2 aliphatic rings. The Balaban J connectivity index is 2.03. The van der Waals surface area contributed by atoms with Crippen LogP contribution in [0.4, 0.5) is 0 Å². The van der Waals surface area contributed by atoms with Crippen molar-refractivity contribution in [3.63, 3.8) is 0 Å². The lowest BCUT2D eigenvalue weighted by Gasteiger charge is -2.28. The van der Waals surface area contributed by atoms with Crippen molar-refractivity contribution < 1.29 is 14.3 Å². The molecule has 0 aliphatic carbocycles. The summed E-state index contributed by atoms with van der Waals surface area (Å²) in [6.07, 6.45) is 2.06. The highest BCUT2D eigenvalue weighted by molar-refractivity contribution is 8.01. The molecule has 0 aromatic rings. The van der Waals surface area contributed by atoms with E-state index in [-0.39, 0.29) is 28.5 Å². The third-order valence-electron chi connectivity index (χ3n) is 4.07. The van der Waals surface area contributed by atoms with Gasteiger partial charge in [-0.2, -0.15) is 0 Å². The molecule has 3 atom stereocenters. The maximum Gasteiger partial charge on any atom is 0.310 e. The minimum atomic E-state index is -0.273. The Bertz CT molecular complexity index is 352. The van der Waals surface area contributed by atoms with Crippen molar-refractivity contribution >= 4 is 23.6 Å². The van der Waals surface area contributed by atoms with Crippen molar-refractivity contribution in [2.24, 2.45) is 11.8 Å². The average molecular weight is 271 g/mol. The van der Waals surface area contributed by atoms with Gasteiger partial charge in [0, 0.05) is 13.1 Å². The van der Waals surface area contributed by atoms with Gasteiger partial charge in [-0.15, -0.1) is 11.8 Å². The molecule has 0 aromatic carbocycles. The maximum atomic E-state index is 12.5. The number of likely N-dealkylation sites (tertiary alicyclic amines) is 1. The average Bonchev–Trinajstić information content (AvgIpc) is 2.95. The van der Waals surface area contributed by atoms with Gasteiger partial charge >= 0.3 is 5.97 Å². The van der Waals surface area contributed by atoms with Gasteiger partial charge in [0.25, 0.3) is 0 Å². The summed E-state index contributed by atoms with van der Waals surface area (Å²) >= 11 is 1.75. The molecule has 102 valence electrons. The van der Waals surface area contributed by atoms with Crippen molar-refractivity contribution in [2.45, 2.75) is 31.4 Å². The predicted octanol–water partition coefficient (Wildman–Crippen LogP) is 1.54. The van der Waals surface area contributed by atoms with Crippen molar-refractivity contribution in [2.75, 3.05) is 26.0 Å². The number of esters is 1. The Morgan fingerprint density at radius 2 is 2.11 bits per heavy atom. The molecule has 2 fully saturated rings. The van der Waals surface area contributed by atoms with Gasteiger partial charge < -0.3 is 9.64 Å². The van der Waals surface area contributed by atoms with Gasteiger partial charge in [0.2, 0.25) is 5.91 Å². The first-order chi connectivity index (χ1) is 8.48. The van der Waals surface area contributed by atoms with Crippen LogP contribution in [-0.2, 0) is 14.3 Å². The van der Waals surface area contributed by atoms with Crippen LogP contribution in [0.1, 0.15) is 26.7 Å². The topological polar surface area (TPSA) is 46.6 Å². The molecule has 2 heterocycles. The van der Waals surface area contributed by atoms with Crippen LogP contribution in [-0.4, -0.2) is 47.5 Å². The number of methoxy groups -OCH3 is 1. The highest BCUT2D eigenvalue weighted by Gasteiger charge is 2.45. The van der Waals surface area contributed by atoms with Crippen molar-refractivity contribution in [3.8, 4) is 0 Å². The minimum Gasteiger partial charge on any atom is -0.469 e. The van der Waals surface area contributed by atoms with Crippen LogP contribution >= 0.6 is 11.8 Å². The first-order valence-electron chi connectivity index (χ1n) is 6.49. The number of carbonyl (C=O) groups is 2. The van der Waals surface area contributed by atoms with E-state index < -0.39 is 0 Å². The minimum absolute atomic E-state index is 0.158. The van der Waals surface area contributed by atoms with Gasteiger partial charge in [-0.3, -0.25) is 9.59 Å². The molecule has 4 nitrogen and oxygen atoms in total. The zero-order chi connectivity index (χ0) is 13.3. The van der Waals surface area contributed by atoms with Crippen molar-refractivity contribution in [1.82, 2.24) is 4.90 Å². The number of hydrogen-bond acceptors (Lipinski definition) is 4. The van der Waals surface area contributed by atoms with E-state index >= 15 is 0 Å². The molecule has 2 saturated heterocycles. The van der Waals surface area contributed by atoms with Crippen LogP contribution in [0.25, 0.3) is 0 Å². The smallest absolute Gasteiger partial charge is 0.310 e. The second kappa shape index (κ2) is 5.11. The Labute approximate surface area is 112 Å². The van der Waals surface area contributed by atoms with Gasteiger partial charge in [0.15, 0.2) is 0 Å². The van der Waals surface area contributed by atoms with Crippen LogP contribution in [0.3, 0.4) is 0 Å². The highest BCUT2D eigenvalue weighted by Crippen LogP contribution is 2.40. The largest absolute Gasteiger partial charge is 0.469 e. The van der Waals surface area contributed by atoms with Gasteiger partial charge in [-0.05, 0) is 31.4 Å². The summed E-state index contributed by atoms with van der Waals surface area (Å²) in [5.74, 6) is 1.10. The van der Waals surface area contributed by atoms with E-state index in [4.69, 9.17) is 4.74 Å². The number of thioether (sulfide) groups is 1. The second-order valence-corrected chi connectivity index (χ2v) is 7.10. The molecule has 3 unspecified atom stereocenters. The third-order valence-corrected chi connectivity index (χ3v) is 5.58. The molecule has 5 heteroatoms. The number of ether oxygens (including phenoxy) is 1. The Morgan fingerprint density at radius 3 is 2.67 bits per heavy atom. The predicted molar refractivity (Wildman–Crippen MR) is 71.3 cm³/mol. The lowest BCUT2D eigenvalue weighted by molar-refractivity contribution is -0.146. The summed E-state index contributed by atoms with van der Waals surface area (Å²) in [5, 5.41) is 0. The molecular weight excluding hydrogens is 250 g/mol. The van der Waals surface area contributed by atoms with E-state index in [1.54, 1.807) is 11.8 Å². The molecule has 0 N–H and O–H groups in total. The van der Waals surface area contributed by atoms with E-state index in [1.165, 1.54) is 7.11 Å². The molecule has 1 amide bonds. The number of rotatable bonds is 2. The van der Waals surface area contributed by atoms with Gasteiger partial charge in [0.1, 0.15) is 0 Å². The fourth-order valence-corrected chi connectivity index (χ4v) is 4.15. The van der Waals surface area contributed by atoms with Gasteiger partial charge in [-0.1, -0.05) is 6.92 Å². The Kier molecular flexibility index (Phi) is 3.90. The molecule has 0 spiro atoms. The number of nitrogens with zero attached hydrogens (tertiary/aromatic N) is 1. The monoisotopic (exact) mass is 271 g/mol. The van der Waals surface area contributed by atoms with Crippen molar-refractivity contribution in [3.05, 3.63) is 0 Å². The summed E-state index contributed by atoms with van der Waals surface area (Å²) in [5.41, 5.74) is 0. The Morgan fingerprint density at radius 1 is 1.39 bits per heavy atom. The summed E-state index contributed by atoms with van der Waals surface area (Å²) < 4.78 is 4.53. The van der Waals surface area contributed by atoms with Crippen LogP contribution in [0.15, 0.2) is 0 Å². The summed E-state index contributed by atoms with van der Waals surface area (Å²) in [6.45, 7) is 5.24. The first-order valence-corrected chi connectivity index (χ1v) is 7.47. The molecular formula is C13H21NO3S. The maximum absolute atomic E-state index is 12.5. The number of amides is 1. The van der Waals surface area contributed by atoms with Crippen LogP contribution in [0.5, 0.6) is 0 Å². The zero-order valence-electron chi connectivity index (χ0n) is 11.3. The molecule has 0 saturated carbocycles. The summed E-state index contributed by atoms with van der Waals surface area (Å²) in [6, 6.07) is 0. The second-order valence-electron chi connectivity index (χ2n) is 5.50. The van der Waals surface area contributed by atoms with Crippen LogP contribution in [0, 0.1) is 11.8 Å². The van der Waals surface area contributed by atoms with Crippen LogP contribution < -0.4 is 0 Å². The molecule has 18 heavy (non-hydrogen) atoms. The first kappa shape index (κ1) is 13.7. The van der Waals surface area contributed by atoms with Gasteiger partial charge in [0.05, 0.1) is 17.8 Å². The number of carbonyl (C=O) groups excluding carboxylic acids is 2. The number of hydrogen-bond donors (Lipinski definition) is 0.